The van der Waals surface area contributed by atoms with Gasteiger partial charge >= 0.3 is 0 Å². The van der Waals surface area contributed by atoms with Gasteiger partial charge in [-0.1, -0.05) is 30.7 Å². The highest BCUT2D eigenvalue weighted by molar-refractivity contribution is 7.89. The second kappa shape index (κ2) is 7.79. The Morgan fingerprint density at radius 2 is 1.75 bits per heavy atom. The van der Waals surface area contributed by atoms with Gasteiger partial charge in [-0.05, 0) is 49.7 Å². The molecule has 2 aromatic carbocycles. The first-order chi connectivity index (χ1) is 11.3. The Labute approximate surface area is 147 Å². The Bertz CT molecular complexity index is 820. The van der Waals surface area contributed by atoms with Crippen molar-refractivity contribution in [3.8, 4) is 0 Å². The number of sulfonamides is 1. The van der Waals surface area contributed by atoms with Crippen LogP contribution < -0.4 is 10.0 Å². The SMILES string of the molecule is CC[C@@H](C)NS(=O)(=O)c1ccc(NC(=O)c2ccccc2Cl)cc1. The highest BCUT2D eigenvalue weighted by atomic mass is 35.5. The smallest absolute Gasteiger partial charge is 0.257 e. The minimum absolute atomic E-state index is 0.144. The summed E-state index contributed by atoms with van der Waals surface area (Å²) in [6.07, 6.45) is 0.700. The number of anilines is 1. The number of rotatable bonds is 6. The van der Waals surface area contributed by atoms with E-state index in [9.17, 15) is 13.2 Å². The van der Waals surface area contributed by atoms with E-state index in [2.05, 4.69) is 10.0 Å². The van der Waals surface area contributed by atoms with Crippen molar-refractivity contribution in [1.82, 2.24) is 4.72 Å². The molecule has 0 aliphatic carbocycles. The van der Waals surface area contributed by atoms with Gasteiger partial charge in [0, 0.05) is 11.7 Å². The Balaban J connectivity index is 2.13. The van der Waals surface area contributed by atoms with Gasteiger partial charge in [0.2, 0.25) is 10.0 Å². The first kappa shape index (κ1) is 18.4. The van der Waals surface area contributed by atoms with Crippen molar-refractivity contribution >= 4 is 33.2 Å². The zero-order chi connectivity index (χ0) is 17.7. The predicted octanol–water partition coefficient (Wildman–Crippen LogP) is 3.67. The summed E-state index contributed by atoms with van der Waals surface area (Å²) in [4.78, 5) is 12.3. The average molecular weight is 367 g/mol. The van der Waals surface area contributed by atoms with E-state index >= 15 is 0 Å². The Hall–Kier alpha value is -1.89. The van der Waals surface area contributed by atoms with Gasteiger partial charge in [0.1, 0.15) is 0 Å². The lowest BCUT2D eigenvalue weighted by Gasteiger charge is -2.12. The molecule has 0 unspecified atom stereocenters. The number of benzene rings is 2. The molecule has 0 heterocycles. The third kappa shape index (κ3) is 4.56. The standard InChI is InChI=1S/C17H19ClN2O3S/c1-3-12(2)20-24(22,23)14-10-8-13(9-11-14)19-17(21)15-6-4-5-7-16(15)18/h4-12,20H,3H2,1-2H3,(H,19,21)/t12-/m1/s1. The molecule has 0 bridgehead atoms. The minimum Gasteiger partial charge on any atom is -0.322 e. The van der Waals surface area contributed by atoms with Gasteiger partial charge in [0.05, 0.1) is 15.5 Å². The third-order valence-electron chi connectivity index (χ3n) is 3.51. The summed E-state index contributed by atoms with van der Waals surface area (Å²) in [5.41, 5.74) is 0.844. The summed E-state index contributed by atoms with van der Waals surface area (Å²) in [7, 11) is -3.56. The maximum Gasteiger partial charge on any atom is 0.257 e. The normalized spacial score (nSPS) is 12.6. The number of halogens is 1. The van der Waals surface area contributed by atoms with Gasteiger partial charge in [-0.3, -0.25) is 4.79 Å². The van der Waals surface area contributed by atoms with E-state index < -0.39 is 10.0 Å². The number of amides is 1. The van der Waals surface area contributed by atoms with E-state index in [1.54, 1.807) is 43.3 Å². The summed E-state index contributed by atoms with van der Waals surface area (Å²) in [5, 5.41) is 3.04. The quantitative estimate of drug-likeness (QED) is 0.819. The molecule has 1 amide bonds. The topological polar surface area (TPSA) is 75.3 Å². The van der Waals surface area contributed by atoms with Gasteiger partial charge in [-0.25, -0.2) is 13.1 Å². The van der Waals surface area contributed by atoms with Crippen LogP contribution >= 0.6 is 11.6 Å². The van der Waals surface area contributed by atoms with E-state index in [4.69, 9.17) is 11.6 Å². The monoisotopic (exact) mass is 366 g/mol. The van der Waals surface area contributed by atoms with Crippen LogP contribution in [-0.4, -0.2) is 20.4 Å². The Kier molecular flexibility index (Phi) is 5.99. The van der Waals surface area contributed by atoms with Crippen LogP contribution in [0.3, 0.4) is 0 Å². The average Bonchev–Trinajstić information content (AvgIpc) is 2.55. The van der Waals surface area contributed by atoms with Crippen molar-refractivity contribution in [2.75, 3.05) is 5.32 Å². The molecule has 24 heavy (non-hydrogen) atoms. The van der Waals surface area contributed by atoms with E-state index in [-0.39, 0.29) is 16.8 Å². The number of hydrogen-bond donors (Lipinski definition) is 2. The van der Waals surface area contributed by atoms with Crippen LogP contribution in [0, 0.1) is 0 Å². The second-order valence-electron chi connectivity index (χ2n) is 5.39. The van der Waals surface area contributed by atoms with Crippen LogP contribution in [0.4, 0.5) is 5.69 Å². The minimum atomic E-state index is -3.56. The fraction of sp³-hybridized carbons (Fsp3) is 0.235. The van der Waals surface area contributed by atoms with Gasteiger partial charge in [-0.15, -0.1) is 0 Å². The van der Waals surface area contributed by atoms with Crippen LogP contribution in [0.1, 0.15) is 30.6 Å². The Morgan fingerprint density at radius 3 is 2.33 bits per heavy atom. The van der Waals surface area contributed by atoms with E-state index in [0.29, 0.717) is 22.7 Å². The molecule has 5 nitrogen and oxygen atoms in total. The molecule has 0 radical (unpaired) electrons. The first-order valence-electron chi connectivity index (χ1n) is 7.51. The van der Waals surface area contributed by atoms with Gasteiger partial charge in [0.25, 0.3) is 5.91 Å². The molecule has 2 aromatic rings. The Morgan fingerprint density at radius 1 is 1.12 bits per heavy atom. The lowest BCUT2D eigenvalue weighted by Crippen LogP contribution is -2.31. The summed E-state index contributed by atoms with van der Waals surface area (Å²) in [6, 6.07) is 12.5. The molecule has 7 heteroatoms. The van der Waals surface area contributed by atoms with Crippen molar-refractivity contribution in [2.24, 2.45) is 0 Å². The molecule has 0 spiro atoms. The van der Waals surface area contributed by atoms with Crippen molar-refractivity contribution in [3.63, 3.8) is 0 Å². The lowest BCUT2D eigenvalue weighted by molar-refractivity contribution is 0.102. The molecular weight excluding hydrogens is 348 g/mol. The highest BCUT2D eigenvalue weighted by Crippen LogP contribution is 2.19. The summed E-state index contributed by atoms with van der Waals surface area (Å²) >= 11 is 5.98. The summed E-state index contributed by atoms with van der Waals surface area (Å²) in [6.45, 7) is 3.70. The molecule has 1 atom stereocenters. The molecule has 128 valence electrons. The molecule has 0 aromatic heterocycles. The van der Waals surface area contributed by atoms with Crippen LogP contribution in [0.5, 0.6) is 0 Å². The molecule has 0 saturated heterocycles. The maximum atomic E-state index is 12.2. The van der Waals surface area contributed by atoms with E-state index in [0.717, 1.165) is 0 Å². The predicted molar refractivity (Wildman–Crippen MR) is 95.9 cm³/mol. The second-order valence-corrected chi connectivity index (χ2v) is 7.51. The molecule has 0 aliphatic rings. The summed E-state index contributed by atoms with van der Waals surface area (Å²) < 4.78 is 27.0. The van der Waals surface area contributed by atoms with Gasteiger partial charge in [0.15, 0.2) is 0 Å². The number of carbonyl (C=O) groups is 1. The molecule has 2 N–H and O–H groups in total. The van der Waals surface area contributed by atoms with E-state index in [1.807, 2.05) is 6.92 Å². The third-order valence-corrected chi connectivity index (χ3v) is 5.44. The maximum absolute atomic E-state index is 12.2. The molecule has 0 saturated carbocycles. The fourth-order valence-corrected chi connectivity index (χ4v) is 3.53. The van der Waals surface area contributed by atoms with Crippen LogP contribution in [0.2, 0.25) is 5.02 Å². The van der Waals surface area contributed by atoms with Crippen molar-refractivity contribution in [1.29, 1.82) is 0 Å². The number of hydrogen-bond acceptors (Lipinski definition) is 3. The van der Waals surface area contributed by atoms with Gasteiger partial charge in [-0.2, -0.15) is 0 Å². The van der Waals surface area contributed by atoms with Crippen molar-refractivity contribution in [2.45, 2.75) is 31.2 Å². The number of carbonyl (C=O) groups excluding carboxylic acids is 1. The molecule has 2 rings (SSSR count). The fourth-order valence-electron chi connectivity index (χ4n) is 1.98. The molecule has 0 aliphatic heterocycles. The summed E-state index contributed by atoms with van der Waals surface area (Å²) in [5.74, 6) is -0.353. The van der Waals surface area contributed by atoms with Crippen LogP contribution in [0.15, 0.2) is 53.4 Å². The zero-order valence-corrected chi connectivity index (χ0v) is 15.0. The number of nitrogens with one attached hydrogen (secondary N) is 2. The molecular formula is C17H19ClN2O3S. The molecule has 0 fully saturated rings. The van der Waals surface area contributed by atoms with Crippen LogP contribution in [0.25, 0.3) is 0 Å². The van der Waals surface area contributed by atoms with Gasteiger partial charge < -0.3 is 5.32 Å². The van der Waals surface area contributed by atoms with E-state index in [1.165, 1.54) is 12.1 Å². The zero-order valence-electron chi connectivity index (χ0n) is 13.4. The van der Waals surface area contributed by atoms with Crippen molar-refractivity contribution in [3.05, 3.63) is 59.1 Å². The largest absolute Gasteiger partial charge is 0.322 e. The lowest BCUT2D eigenvalue weighted by atomic mass is 10.2. The van der Waals surface area contributed by atoms with Crippen LogP contribution in [-0.2, 0) is 10.0 Å². The van der Waals surface area contributed by atoms with Crippen molar-refractivity contribution < 1.29 is 13.2 Å². The first-order valence-corrected chi connectivity index (χ1v) is 9.38. The highest BCUT2D eigenvalue weighted by Gasteiger charge is 2.16.